The van der Waals surface area contributed by atoms with Gasteiger partial charge in [-0.3, -0.25) is 4.79 Å². The van der Waals surface area contributed by atoms with Crippen molar-refractivity contribution in [1.29, 1.82) is 0 Å². The second-order valence-corrected chi connectivity index (χ2v) is 5.76. The van der Waals surface area contributed by atoms with E-state index in [-0.39, 0.29) is 17.2 Å². The van der Waals surface area contributed by atoms with Gasteiger partial charge in [0.2, 0.25) is 5.89 Å². The number of phenols is 1. The van der Waals surface area contributed by atoms with Crippen LogP contribution in [0.5, 0.6) is 11.5 Å². The summed E-state index contributed by atoms with van der Waals surface area (Å²) in [7, 11) is 1.51. The lowest BCUT2D eigenvalue weighted by atomic mass is 9.95. The van der Waals surface area contributed by atoms with Crippen LogP contribution in [0.2, 0.25) is 0 Å². The van der Waals surface area contributed by atoms with Crippen molar-refractivity contribution in [1.82, 2.24) is 15.5 Å². The minimum absolute atomic E-state index is 0.0965. The zero-order valence-corrected chi connectivity index (χ0v) is 13.1. The Kier molecular flexibility index (Phi) is 3.94. The molecule has 1 heterocycles. The van der Waals surface area contributed by atoms with Gasteiger partial charge in [0.15, 0.2) is 5.82 Å². The number of aromatic hydroxyl groups is 1. The van der Waals surface area contributed by atoms with Gasteiger partial charge in [-0.05, 0) is 31.0 Å². The molecule has 0 unspecified atom stereocenters. The predicted molar refractivity (Wildman–Crippen MR) is 81.3 cm³/mol. The number of amides is 1. The van der Waals surface area contributed by atoms with Gasteiger partial charge < -0.3 is 19.7 Å². The van der Waals surface area contributed by atoms with Crippen molar-refractivity contribution in [3.8, 4) is 11.5 Å². The number of aromatic nitrogens is 2. The average molecular weight is 317 g/mol. The molecule has 1 amide bonds. The third-order valence-corrected chi connectivity index (χ3v) is 4.21. The summed E-state index contributed by atoms with van der Waals surface area (Å²) in [6.07, 6.45) is 3.42. The molecule has 2 aromatic rings. The van der Waals surface area contributed by atoms with Crippen molar-refractivity contribution in [2.24, 2.45) is 0 Å². The van der Waals surface area contributed by atoms with E-state index in [4.69, 9.17) is 9.26 Å². The summed E-state index contributed by atoms with van der Waals surface area (Å²) in [5.74, 6) is 0.975. The van der Waals surface area contributed by atoms with Crippen LogP contribution in [-0.4, -0.2) is 28.3 Å². The summed E-state index contributed by atoms with van der Waals surface area (Å²) in [6.45, 7) is 1.72. The number of nitrogens with one attached hydrogen (secondary N) is 1. The number of rotatable bonds is 4. The molecular formula is C16H19N3O4. The van der Waals surface area contributed by atoms with Crippen molar-refractivity contribution in [2.45, 2.75) is 38.1 Å². The number of nitrogens with zero attached hydrogens (tertiary/aromatic N) is 2. The highest BCUT2D eigenvalue weighted by molar-refractivity contribution is 5.97. The van der Waals surface area contributed by atoms with E-state index in [0.29, 0.717) is 17.5 Å². The summed E-state index contributed by atoms with van der Waals surface area (Å²) in [5, 5.41) is 16.9. The van der Waals surface area contributed by atoms with Gasteiger partial charge in [-0.1, -0.05) is 18.0 Å². The zero-order valence-electron chi connectivity index (χ0n) is 13.1. The topological polar surface area (TPSA) is 97.5 Å². The van der Waals surface area contributed by atoms with Gasteiger partial charge >= 0.3 is 0 Å². The summed E-state index contributed by atoms with van der Waals surface area (Å²) < 4.78 is 10.2. The number of aryl methyl sites for hydroxylation is 1. The van der Waals surface area contributed by atoms with Crippen LogP contribution in [-0.2, 0) is 5.54 Å². The Bertz CT molecular complexity index is 720. The Morgan fingerprint density at radius 2 is 2.13 bits per heavy atom. The second kappa shape index (κ2) is 5.91. The summed E-state index contributed by atoms with van der Waals surface area (Å²) in [4.78, 5) is 17.0. The summed E-state index contributed by atoms with van der Waals surface area (Å²) in [6, 6.07) is 4.54. The van der Waals surface area contributed by atoms with E-state index < -0.39 is 5.54 Å². The van der Waals surface area contributed by atoms with Gasteiger partial charge in [0.05, 0.1) is 12.7 Å². The van der Waals surface area contributed by atoms with E-state index in [1.807, 2.05) is 0 Å². The third-order valence-electron chi connectivity index (χ3n) is 4.21. The lowest BCUT2D eigenvalue weighted by molar-refractivity contribution is 0.0889. The Balaban J connectivity index is 1.90. The number of carbonyl (C=O) groups is 1. The first-order chi connectivity index (χ1) is 11.0. The highest BCUT2D eigenvalue weighted by atomic mass is 16.5. The van der Waals surface area contributed by atoms with E-state index in [0.717, 1.165) is 25.7 Å². The SMILES string of the molecule is COc1ccc(O)c(C(=O)NC2(c3noc(C)n3)CCCC2)c1. The van der Waals surface area contributed by atoms with Crippen LogP contribution in [0.25, 0.3) is 0 Å². The maximum atomic E-state index is 12.7. The maximum absolute atomic E-state index is 12.7. The van der Waals surface area contributed by atoms with E-state index in [9.17, 15) is 9.90 Å². The number of methoxy groups -OCH3 is 1. The Morgan fingerprint density at radius 3 is 2.74 bits per heavy atom. The van der Waals surface area contributed by atoms with Crippen LogP contribution in [0.3, 0.4) is 0 Å². The number of benzene rings is 1. The molecule has 1 fully saturated rings. The van der Waals surface area contributed by atoms with Crippen molar-refractivity contribution < 1.29 is 19.2 Å². The Morgan fingerprint density at radius 1 is 1.39 bits per heavy atom. The Hall–Kier alpha value is -2.57. The molecule has 122 valence electrons. The molecule has 23 heavy (non-hydrogen) atoms. The van der Waals surface area contributed by atoms with Gasteiger partial charge in [0.25, 0.3) is 5.91 Å². The first-order valence-electron chi connectivity index (χ1n) is 7.54. The minimum atomic E-state index is -0.648. The fourth-order valence-corrected chi connectivity index (χ4v) is 2.99. The second-order valence-electron chi connectivity index (χ2n) is 5.76. The predicted octanol–water partition coefficient (Wildman–Crippen LogP) is 2.29. The van der Waals surface area contributed by atoms with Gasteiger partial charge in [0, 0.05) is 6.92 Å². The van der Waals surface area contributed by atoms with E-state index in [1.54, 1.807) is 13.0 Å². The fourth-order valence-electron chi connectivity index (χ4n) is 2.99. The van der Waals surface area contributed by atoms with Gasteiger partial charge in [-0.15, -0.1) is 0 Å². The lowest BCUT2D eigenvalue weighted by Gasteiger charge is -2.27. The number of hydrogen-bond acceptors (Lipinski definition) is 6. The van der Waals surface area contributed by atoms with Crippen molar-refractivity contribution in [2.75, 3.05) is 7.11 Å². The maximum Gasteiger partial charge on any atom is 0.255 e. The molecule has 2 N–H and O–H groups in total. The first kappa shape index (κ1) is 15.3. The van der Waals surface area contributed by atoms with E-state index >= 15 is 0 Å². The highest BCUT2D eigenvalue weighted by Crippen LogP contribution is 2.38. The molecule has 0 radical (unpaired) electrons. The van der Waals surface area contributed by atoms with Crippen LogP contribution in [0.15, 0.2) is 22.7 Å². The van der Waals surface area contributed by atoms with Crippen LogP contribution >= 0.6 is 0 Å². The Labute approximate surface area is 133 Å². The lowest BCUT2D eigenvalue weighted by Crippen LogP contribution is -2.44. The summed E-state index contributed by atoms with van der Waals surface area (Å²) >= 11 is 0. The molecule has 0 saturated heterocycles. The molecule has 1 aliphatic carbocycles. The summed E-state index contributed by atoms with van der Waals surface area (Å²) in [5.41, 5.74) is -0.486. The molecule has 7 heteroatoms. The molecule has 0 bridgehead atoms. The van der Waals surface area contributed by atoms with Gasteiger partial charge in [0.1, 0.15) is 17.0 Å². The molecule has 0 spiro atoms. The highest BCUT2D eigenvalue weighted by Gasteiger charge is 2.41. The van der Waals surface area contributed by atoms with Crippen molar-refractivity contribution in [3.63, 3.8) is 0 Å². The molecular weight excluding hydrogens is 298 g/mol. The molecule has 0 atom stereocenters. The largest absolute Gasteiger partial charge is 0.507 e. The molecule has 0 aliphatic heterocycles. The van der Waals surface area contributed by atoms with Crippen molar-refractivity contribution in [3.05, 3.63) is 35.5 Å². The minimum Gasteiger partial charge on any atom is -0.507 e. The van der Waals surface area contributed by atoms with Crippen molar-refractivity contribution >= 4 is 5.91 Å². The number of phenolic OH excluding ortho intramolecular Hbond substituents is 1. The molecule has 1 aromatic carbocycles. The monoisotopic (exact) mass is 317 g/mol. The van der Waals surface area contributed by atoms with Crippen LogP contribution in [0, 0.1) is 6.92 Å². The van der Waals surface area contributed by atoms with E-state index in [1.165, 1.54) is 19.2 Å². The first-order valence-corrected chi connectivity index (χ1v) is 7.54. The standard InChI is InChI=1S/C16H19N3O4/c1-10-17-15(19-23-10)16(7-3-4-8-16)18-14(21)12-9-11(22-2)5-6-13(12)20/h5-6,9,20H,3-4,7-8H2,1-2H3,(H,18,21). The van der Waals surface area contributed by atoms with Crippen LogP contribution < -0.4 is 10.1 Å². The molecule has 1 saturated carbocycles. The molecule has 3 rings (SSSR count). The van der Waals surface area contributed by atoms with E-state index in [2.05, 4.69) is 15.5 Å². The quantitative estimate of drug-likeness (QED) is 0.898. The normalized spacial score (nSPS) is 16.3. The fraction of sp³-hybridized carbons (Fsp3) is 0.438. The molecule has 7 nitrogen and oxygen atoms in total. The third kappa shape index (κ3) is 2.86. The number of hydrogen-bond donors (Lipinski definition) is 2. The average Bonchev–Trinajstić information content (AvgIpc) is 3.17. The zero-order chi connectivity index (χ0) is 16.4. The molecule has 1 aromatic heterocycles. The number of ether oxygens (including phenoxy) is 1. The van der Waals surface area contributed by atoms with Crippen LogP contribution in [0.4, 0.5) is 0 Å². The smallest absolute Gasteiger partial charge is 0.255 e. The van der Waals surface area contributed by atoms with Crippen LogP contribution in [0.1, 0.15) is 47.8 Å². The number of carbonyl (C=O) groups excluding carboxylic acids is 1. The van der Waals surface area contributed by atoms with Gasteiger partial charge in [-0.2, -0.15) is 4.98 Å². The van der Waals surface area contributed by atoms with Gasteiger partial charge in [-0.25, -0.2) is 0 Å². The molecule has 1 aliphatic rings.